The Labute approximate surface area is 156 Å². The molecule has 1 aromatic carbocycles. The van der Waals surface area contributed by atoms with Crippen LogP contribution in [-0.2, 0) is 4.79 Å². The van der Waals surface area contributed by atoms with E-state index in [0.29, 0.717) is 4.91 Å². The fraction of sp³-hybridized carbons (Fsp3) is 0.200. The Morgan fingerprint density at radius 3 is 2.73 bits per heavy atom. The molecule has 0 bridgehead atoms. The van der Waals surface area contributed by atoms with E-state index in [2.05, 4.69) is 10.5 Å². The van der Waals surface area contributed by atoms with E-state index in [1.807, 2.05) is 44.2 Å². The number of benzene rings is 1. The Morgan fingerprint density at radius 1 is 1.27 bits per heavy atom. The number of imide groups is 1. The molecular formula is C20H18N2O3S. The number of hydrogen-bond donors (Lipinski definition) is 0. The van der Waals surface area contributed by atoms with Crippen LogP contribution in [0.5, 0.6) is 5.75 Å². The van der Waals surface area contributed by atoms with Gasteiger partial charge >= 0.3 is 0 Å². The fourth-order valence-electron chi connectivity index (χ4n) is 2.95. The molecule has 0 saturated carbocycles. The van der Waals surface area contributed by atoms with E-state index in [-0.39, 0.29) is 17.7 Å². The van der Waals surface area contributed by atoms with Crippen molar-refractivity contribution in [2.75, 3.05) is 13.7 Å². The number of terminal acetylenes is 1. The zero-order valence-electron chi connectivity index (χ0n) is 14.8. The molecule has 132 valence electrons. The third-order valence-electron chi connectivity index (χ3n) is 4.19. The second-order valence-corrected chi connectivity index (χ2v) is 6.83. The molecule has 1 fully saturated rings. The van der Waals surface area contributed by atoms with Crippen LogP contribution in [0.3, 0.4) is 0 Å². The first-order chi connectivity index (χ1) is 12.5. The molecule has 1 aliphatic heterocycles. The molecular weight excluding hydrogens is 348 g/mol. The highest BCUT2D eigenvalue weighted by Gasteiger charge is 2.34. The number of nitrogens with zero attached hydrogens (tertiary/aromatic N) is 2. The molecule has 0 aliphatic carbocycles. The Hall–Kier alpha value is -2.91. The van der Waals surface area contributed by atoms with Crippen molar-refractivity contribution in [1.29, 1.82) is 0 Å². The van der Waals surface area contributed by atoms with Crippen molar-refractivity contribution in [3.8, 4) is 23.8 Å². The Morgan fingerprint density at radius 2 is 2.04 bits per heavy atom. The second kappa shape index (κ2) is 7.14. The molecule has 3 rings (SSSR count). The summed E-state index contributed by atoms with van der Waals surface area (Å²) in [5.74, 6) is 2.77. The van der Waals surface area contributed by atoms with Gasteiger partial charge in [0.1, 0.15) is 5.75 Å². The van der Waals surface area contributed by atoms with E-state index in [1.165, 1.54) is 0 Å². The molecule has 0 N–H and O–H groups in total. The number of carbonyl (C=O) groups excluding carboxylic acids is 2. The Balaban J connectivity index is 2.00. The SMILES string of the molecule is C#CCN1C(=O)S/C(=C\c2cc(C)n(-c3cccc(OC)c3)c2C)C1=O. The average Bonchev–Trinajstić information content (AvgIpc) is 3.05. The Kier molecular flexibility index (Phi) is 4.92. The number of rotatable bonds is 4. The largest absolute Gasteiger partial charge is 0.497 e. The summed E-state index contributed by atoms with van der Waals surface area (Å²) in [5, 5.41) is -0.333. The van der Waals surface area contributed by atoms with Crippen LogP contribution in [0, 0.1) is 26.2 Å². The standard InChI is InChI=1S/C20H18N2O3S/c1-5-9-21-19(23)18(26-20(21)24)11-15-10-13(2)22(14(15)3)16-7-6-8-17(12-16)25-4/h1,6-8,10-12H,9H2,2-4H3/b18-11-. The van der Waals surface area contributed by atoms with Crippen LogP contribution in [0.1, 0.15) is 17.0 Å². The van der Waals surface area contributed by atoms with Gasteiger partial charge in [0.25, 0.3) is 11.1 Å². The molecule has 2 aromatic rings. The zero-order valence-corrected chi connectivity index (χ0v) is 15.6. The van der Waals surface area contributed by atoms with Crippen molar-refractivity contribution in [1.82, 2.24) is 9.47 Å². The van der Waals surface area contributed by atoms with Crippen LogP contribution in [0.15, 0.2) is 35.2 Å². The van der Waals surface area contributed by atoms with Crippen LogP contribution in [0.25, 0.3) is 11.8 Å². The van der Waals surface area contributed by atoms with Crippen molar-refractivity contribution >= 4 is 29.0 Å². The molecule has 2 heterocycles. The van der Waals surface area contributed by atoms with Crippen molar-refractivity contribution < 1.29 is 14.3 Å². The molecule has 26 heavy (non-hydrogen) atoms. The predicted octanol–water partition coefficient (Wildman–Crippen LogP) is 3.77. The van der Waals surface area contributed by atoms with Gasteiger partial charge in [-0.25, -0.2) is 0 Å². The zero-order chi connectivity index (χ0) is 18.8. The number of carbonyl (C=O) groups is 2. The van der Waals surface area contributed by atoms with Crippen molar-refractivity contribution in [2.24, 2.45) is 0 Å². The highest BCUT2D eigenvalue weighted by Crippen LogP contribution is 2.33. The first-order valence-electron chi connectivity index (χ1n) is 7.98. The van der Waals surface area contributed by atoms with Gasteiger partial charge in [-0.3, -0.25) is 14.5 Å². The van der Waals surface area contributed by atoms with Crippen LogP contribution < -0.4 is 4.74 Å². The summed E-state index contributed by atoms with van der Waals surface area (Å²) in [4.78, 5) is 25.8. The number of thioether (sulfide) groups is 1. The van der Waals surface area contributed by atoms with Gasteiger partial charge in [-0.2, -0.15) is 0 Å². The second-order valence-electron chi connectivity index (χ2n) is 5.84. The first-order valence-corrected chi connectivity index (χ1v) is 8.80. The van der Waals surface area contributed by atoms with Crippen LogP contribution in [0.2, 0.25) is 0 Å². The summed E-state index contributed by atoms with van der Waals surface area (Å²) in [6.45, 7) is 3.96. The number of ether oxygens (including phenoxy) is 1. The third-order valence-corrected chi connectivity index (χ3v) is 5.10. The topological polar surface area (TPSA) is 51.5 Å². The highest BCUT2D eigenvalue weighted by atomic mass is 32.2. The van der Waals surface area contributed by atoms with Gasteiger partial charge in [0, 0.05) is 23.1 Å². The lowest BCUT2D eigenvalue weighted by Gasteiger charge is -2.11. The monoisotopic (exact) mass is 366 g/mol. The van der Waals surface area contributed by atoms with Crippen molar-refractivity contribution in [3.63, 3.8) is 0 Å². The Bertz CT molecular complexity index is 966. The summed E-state index contributed by atoms with van der Waals surface area (Å²) < 4.78 is 7.38. The maximum atomic E-state index is 12.4. The summed E-state index contributed by atoms with van der Waals surface area (Å²) in [7, 11) is 1.63. The van der Waals surface area contributed by atoms with Crippen LogP contribution in [0.4, 0.5) is 4.79 Å². The summed E-state index contributed by atoms with van der Waals surface area (Å²) in [6, 6.07) is 9.75. The predicted molar refractivity (Wildman–Crippen MR) is 103 cm³/mol. The molecule has 0 radical (unpaired) electrons. The van der Waals surface area contributed by atoms with E-state index >= 15 is 0 Å². The molecule has 2 amide bonds. The number of amides is 2. The van der Waals surface area contributed by atoms with Gasteiger partial charge in [-0.05, 0) is 55.4 Å². The smallest absolute Gasteiger partial charge is 0.294 e. The lowest BCUT2D eigenvalue weighted by molar-refractivity contribution is -0.122. The number of aromatic nitrogens is 1. The molecule has 1 aliphatic rings. The minimum atomic E-state index is -0.343. The van der Waals surface area contributed by atoms with Gasteiger partial charge in [0.2, 0.25) is 0 Å². The number of hydrogen-bond acceptors (Lipinski definition) is 4. The molecule has 0 unspecified atom stereocenters. The molecule has 5 nitrogen and oxygen atoms in total. The molecule has 0 atom stereocenters. The third kappa shape index (κ3) is 3.14. The molecule has 6 heteroatoms. The summed E-state index contributed by atoms with van der Waals surface area (Å²) >= 11 is 0.916. The summed E-state index contributed by atoms with van der Waals surface area (Å²) in [6.07, 6.45) is 6.98. The van der Waals surface area contributed by atoms with E-state index in [1.54, 1.807) is 13.2 Å². The molecule has 1 aromatic heterocycles. The lowest BCUT2D eigenvalue weighted by Crippen LogP contribution is -2.28. The van der Waals surface area contributed by atoms with Crippen LogP contribution in [-0.4, -0.2) is 34.3 Å². The summed E-state index contributed by atoms with van der Waals surface area (Å²) in [5.41, 5.74) is 3.85. The highest BCUT2D eigenvalue weighted by molar-refractivity contribution is 8.18. The number of aryl methyl sites for hydroxylation is 1. The van der Waals surface area contributed by atoms with Crippen molar-refractivity contribution in [3.05, 3.63) is 52.2 Å². The molecule has 1 saturated heterocycles. The van der Waals surface area contributed by atoms with Gasteiger partial charge < -0.3 is 9.30 Å². The minimum absolute atomic E-state index is 0.00909. The van der Waals surface area contributed by atoms with Gasteiger partial charge in [-0.15, -0.1) is 6.42 Å². The quantitative estimate of drug-likeness (QED) is 0.610. The number of methoxy groups -OCH3 is 1. The van der Waals surface area contributed by atoms with Crippen molar-refractivity contribution in [2.45, 2.75) is 13.8 Å². The van der Waals surface area contributed by atoms with E-state index < -0.39 is 0 Å². The van der Waals surface area contributed by atoms with Crippen LogP contribution >= 0.6 is 11.8 Å². The van der Waals surface area contributed by atoms with Gasteiger partial charge in [0.05, 0.1) is 18.6 Å². The maximum absolute atomic E-state index is 12.4. The van der Waals surface area contributed by atoms with E-state index in [0.717, 1.165) is 45.1 Å². The first kappa shape index (κ1) is 17.9. The normalized spacial score (nSPS) is 15.6. The van der Waals surface area contributed by atoms with E-state index in [9.17, 15) is 9.59 Å². The molecule has 0 spiro atoms. The van der Waals surface area contributed by atoms with Gasteiger partial charge in [0.15, 0.2) is 0 Å². The van der Waals surface area contributed by atoms with E-state index in [4.69, 9.17) is 11.2 Å². The minimum Gasteiger partial charge on any atom is -0.497 e. The fourth-order valence-corrected chi connectivity index (χ4v) is 3.78. The lowest BCUT2D eigenvalue weighted by atomic mass is 10.2. The average molecular weight is 366 g/mol. The maximum Gasteiger partial charge on any atom is 0.294 e. The van der Waals surface area contributed by atoms with Gasteiger partial charge in [-0.1, -0.05) is 12.0 Å².